The zero-order valence-electron chi connectivity index (χ0n) is 13.6. The highest BCUT2D eigenvalue weighted by Gasteiger charge is 2.16. The molecule has 23 heavy (non-hydrogen) atoms. The van der Waals surface area contributed by atoms with Crippen molar-refractivity contribution in [1.82, 2.24) is 10.2 Å². The minimum atomic E-state index is -0.567. The molecular formula is C16H20N4O3. The highest BCUT2D eigenvalue weighted by atomic mass is 16.6. The Morgan fingerprint density at radius 2 is 1.61 bits per heavy atom. The van der Waals surface area contributed by atoms with E-state index in [9.17, 15) is 4.79 Å². The molecule has 2 rings (SSSR count). The van der Waals surface area contributed by atoms with Crippen LogP contribution < -0.4 is 15.4 Å². The van der Waals surface area contributed by atoms with E-state index < -0.39 is 11.7 Å². The zero-order valence-corrected chi connectivity index (χ0v) is 13.6. The molecule has 2 aromatic rings. The van der Waals surface area contributed by atoms with Crippen molar-refractivity contribution in [3.63, 3.8) is 0 Å². The molecular weight excluding hydrogens is 296 g/mol. The number of hydrogen-bond acceptors (Lipinski definition) is 6. The van der Waals surface area contributed by atoms with Crippen molar-refractivity contribution >= 4 is 23.4 Å². The predicted octanol–water partition coefficient (Wildman–Crippen LogP) is 3.58. The maximum Gasteiger partial charge on any atom is 0.413 e. The number of amides is 1. The lowest BCUT2D eigenvalue weighted by Crippen LogP contribution is -2.27. The summed E-state index contributed by atoms with van der Waals surface area (Å²) >= 11 is 0. The van der Waals surface area contributed by atoms with E-state index in [0.717, 1.165) is 11.4 Å². The number of rotatable bonds is 4. The molecule has 0 saturated carbocycles. The van der Waals surface area contributed by atoms with Crippen LogP contribution in [-0.4, -0.2) is 29.0 Å². The number of ether oxygens (including phenoxy) is 2. The van der Waals surface area contributed by atoms with Gasteiger partial charge >= 0.3 is 6.09 Å². The molecule has 0 unspecified atom stereocenters. The molecule has 0 radical (unpaired) electrons. The molecule has 1 amide bonds. The normalized spacial score (nSPS) is 10.8. The number of aromatic nitrogens is 2. The molecule has 0 aliphatic heterocycles. The summed E-state index contributed by atoms with van der Waals surface area (Å²) in [5.74, 6) is 1.66. The molecule has 7 nitrogen and oxygen atoms in total. The first-order chi connectivity index (χ1) is 10.9. The van der Waals surface area contributed by atoms with Gasteiger partial charge in [0.2, 0.25) is 0 Å². The van der Waals surface area contributed by atoms with Crippen molar-refractivity contribution in [2.45, 2.75) is 26.4 Å². The van der Waals surface area contributed by atoms with E-state index in [1.165, 1.54) is 0 Å². The fourth-order valence-electron chi connectivity index (χ4n) is 1.70. The number of anilines is 3. The number of hydrogen-bond donors (Lipinski definition) is 2. The van der Waals surface area contributed by atoms with Gasteiger partial charge in [0.05, 0.1) is 7.11 Å². The molecule has 1 aromatic carbocycles. The maximum atomic E-state index is 11.6. The van der Waals surface area contributed by atoms with Crippen LogP contribution in [0.5, 0.6) is 5.75 Å². The summed E-state index contributed by atoms with van der Waals surface area (Å²) in [7, 11) is 1.62. The summed E-state index contributed by atoms with van der Waals surface area (Å²) in [6, 6.07) is 10.8. The fraction of sp³-hybridized carbons (Fsp3) is 0.312. The van der Waals surface area contributed by atoms with Gasteiger partial charge in [-0.15, -0.1) is 10.2 Å². The lowest BCUT2D eigenvalue weighted by molar-refractivity contribution is 0.0635. The molecule has 2 N–H and O–H groups in total. The number of nitrogens with zero attached hydrogens (tertiary/aromatic N) is 2. The summed E-state index contributed by atoms with van der Waals surface area (Å²) in [5.41, 5.74) is 0.292. The molecule has 122 valence electrons. The standard InChI is InChI=1S/C16H20N4O3/c1-16(2,3)23-15(21)18-14-10-9-13(19-20-14)17-11-5-7-12(22-4)8-6-11/h5-10H,1-4H3,(H,17,19)(H,18,20,21). The molecule has 1 aromatic heterocycles. The van der Waals surface area contributed by atoms with Crippen LogP contribution in [0.15, 0.2) is 36.4 Å². The fourth-order valence-corrected chi connectivity index (χ4v) is 1.70. The van der Waals surface area contributed by atoms with Crippen LogP contribution in [0.4, 0.5) is 22.1 Å². The van der Waals surface area contributed by atoms with Gasteiger partial charge in [0.1, 0.15) is 11.4 Å². The molecule has 0 bridgehead atoms. The zero-order chi connectivity index (χ0) is 16.9. The van der Waals surface area contributed by atoms with E-state index in [0.29, 0.717) is 11.6 Å². The average molecular weight is 316 g/mol. The van der Waals surface area contributed by atoms with Crippen molar-refractivity contribution in [1.29, 1.82) is 0 Å². The first-order valence-corrected chi connectivity index (χ1v) is 7.10. The van der Waals surface area contributed by atoms with Crippen LogP contribution >= 0.6 is 0 Å². The molecule has 0 saturated heterocycles. The monoisotopic (exact) mass is 316 g/mol. The number of benzene rings is 1. The van der Waals surface area contributed by atoms with Gasteiger partial charge in [-0.05, 0) is 57.2 Å². The quantitative estimate of drug-likeness (QED) is 0.897. The summed E-state index contributed by atoms with van der Waals surface area (Å²) in [5, 5.41) is 13.6. The maximum absolute atomic E-state index is 11.6. The van der Waals surface area contributed by atoms with Gasteiger partial charge in [-0.3, -0.25) is 5.32 Å². The molecule has 0 fully saturated rings. The van der Waals surface area contributed by atoms with E-state index in [2.05, 4.69) is 20.8 Å². The van der Waals surface area contributed by atoms with E-state index in [4.69, 9.17) is 9.47 Å². The van der Waals surface area contributed by atoms with Crippen molar-refractivity contribution < 1.29 is 14.3 Å². The van der Waals surface area contributed by atoms with Crippen molar-refractivity contribution in [3.05, 3.63) is 36.4 Å². The SMILES string of the molecule is COc1ccc(Nc2ccc(NC(=O)OC(C)(C)C)nn2)cc1. The molecule has 0 atom stereocenters. The second-order valence-electron chi connectivity index (χ2n) is 5.78. The number of carbonyl (C=O) groups excluding carboxylic acids is 1. The van der Waals surface area contributed by atoms with Crippen molar-refractivity contribution in [3.8, 4) is 5.75 Å². The number of nitrogens with one attached hydrogen (secondary N) is 2. The summed E-state index contributed by atoms with van der Waals surface area (Å²) in [6.07, 6.45) is -0.567. The predicted molar refractivity (Wildman–Crippen MR) is 88.2 cm³/mol. The molecule has 0 spiro atoms. The Hall–Kier alpha value is -2.83. The Kier molecular flexibility index (Phi) is 5.00. The highest BCUT2D eigenvalue weighted by Crippen LogP contribution is 2.19. The van der Waals surface area contributed by atoms with Crippen LogP contribution in [0.2, 0.25) is 0 Å². The minimum absolute atomic E-state index is 0.319. The third-order valence-corrected chi connectivity index (χ3v) is 2.66. The second kappa shape index (κ2) is 6.95. The van der Waals surface area contributed by atoms with Gasteiger partial charge in [0, 0.05) is 5.69 Å². The van der Waals surface area contributed by atoms with E-state index >= 15 is 0 Å². The molecule has 0 aliphatic carbocycles. The Bertz CT molecular complexity index is 649. The lowest BCUT2D eigenvalue weighted by atomic mass is 10.2. The topological polar surface area (TPSA) is 85.4 Å². The van der Waals surface area contributed by atoms with Crippen LogP contribution in [0.3, 0.4) is 0 Å². The third kappa shape index (κ3) is 5.46. The first kappa shape index (κ1) is 16.5. The Balaban J connectivity index is 1.94. The van der Waals surface area contributed by atoms with Crippen LogP contribution in [0.25, 0.3) is 0 Å². The van der Waals surface area contributed by atoms with E-state index in [1.54, 1.807) is 40.0 Å². The van der Waals surface area contributed by atoms with Crippen LogP contribution in [-0.2, 0) is 4.74 Å². The highest BCUT2D eigenvalue weighted by molar-refractivity contribution is 5.83. The van der Waals surface area contributed by atoms with Crippen molar-refractivity contribution in [2.75, 3.05) is 17.7 Å². The summed E-state index contributed by atoms with van der Waals surface area (Å²) < 4.78 is 10.2. The van der Waals surface area contributed by atoms with Gasteiger partial charge in [-0.25, -0.2) is 4.79 Å². The Labute approximate surface area is 135 Å². The van der Waals surface area contributed by atoms with Gasteiger partial charge in [-0.2, -0.15) is 0 Å². The minimum Gasteiger partial charge on any atom is -0.497 e. The van der Waals surface area contributed by atoms with Crippen LogP contribution in [0, 0.1) is 0 Å². The number of carbonyl (C=O) groups is 1. The van der Waals surface area contributed by atoms with Gasteiger partial charge < -0.3 is 14.8 Å². The Morgan fingerprint density at radius 1 is 1.00 bits per heavy atom. The first-order valence-electron chi connectivity index (χ1n) is 7.10. The summed E-state index contributed by atoms with van der Waals surface area (Å²) in [4.78, 5) is 11.6. The number of methoxy groups -OCH3 is 1. The van der Waals surface area contributed by atoms with Crippen LogP contribution in [0.1, 0.15) is 20.8 Å². The van der Waals surface area contributed by atoms with E-state index in [-0.39, 0.29) is 0 Å². The molecule has 0 aliphatic rings. The van der Waals surface area contributed by atoms with Gasteiger partial charge in [0.15, 0.2) is 11.6 Å². The molecule has 1 heterocycles. The summed E-state index contributed by atoms with van der Waals surface area (Å²) in [6.45, 7) is 5.38. The molecule has 7 heteroatoms. The lowest BCUT2D eigenvalue weighted by Gasteiger charge is -2.19. The average Bonchev–Trinajstić information content (AvgIpc) is 2.48. The second-order valence-corrected chi connectivity index (χ2v) is 5.78. The smallest absolute Gasteiger partial charge is 0.413 e. The largest absolute Gasteiger partial charge is 0.497 e. The van der Waals surface area contributed by atoms with Gasteiger partial charge in [0.25, 0.3) is 0 Å². The van der Waals surface area contributed by atoms with Gasteiger partial charge in [-0.1, -0.05) is 0 Å². The van der Waals surface area contributed by atoms with E-state index in [1.807, 2.05) is 24.3 Å². The Morgan fingerprint density at radius 3 is 2.13 bits per heavy atom. The third-order valence-electron chi connectivity index (χ3n) is 2.66. The van der Waals surface area contributed by atoms with Crippen molar-refractivity contribution in [2.24, 2.45) is 0 Å².